The van der Waals surface area contributed by atoms with Crippen LogP contribution in [0.4, 0.5) is 4.39 Å². The summed E-state index contributed by atoms with van der Waals surface area (Å²) in [6.45, 7) is 4.21. The number of halogens is 1. The van der Waals surface area contributed by atoms with Crippen molar-refractivity contribution in [3.05, 3.63) is 30.1 Å². The molecule has 1 atom stereocenters. The SMILES string of the molecule is CNC(CCC(C)(C)OC)CSc1ccc(F)cc1. The molecule has 0 spiro atoms. The lowest BCUT2D eigenvalue weighted by atomic mass is 9.99. The number of rotatable bonds is 8. The van der Waals surface area contributed by atoms with Gasteiger partial charge in [0.1, 0.15) is 5.82 Å². The predicted octanol–water partition coefficient (Wildman–Crippen LogP) is 3.71. The molecule has 0 heterocycles. The van der Waals surface area contributed by atoms with Crippen LogP contribution < -0.4 is 5.32 Å². The van der Waals surface area contributed by atoms with Crippen LogP contribution in [0.2, 0.25) is 0 Å². The Morgan fingerprint density at radius 3 is 2.47 bits per heavy atom. The van der Waals surface area contributed by atoms with Crippen molar-refractivity contribution in [3.63, 3.8) is 0 Å². The minimum absolute atomic E-state index is 0.0738. The maximum atomic E-state index is 12.8. The summed E-state index contributed by atoms with van der Waals surface area (Å²) in [5, 5.41) is 3.33. The van der Waals surface area contributed by atoms with Gasteiger partial charge in [-0.2, -0.15) is 0 Å². The highest BCUT2D eigenvalue weighted by atomic mass is 32.2. The van der Waals surface area contributed by atoms with Gasteiger partial charge in [0, 0.05) is 23.8 Å². The first kappa shape index (κ1) is 16.5. The maximum absolute atomic E-state index is 12.8. The molecule has 1 aromatic carbocycles. The predicted molar refractivity (Wildman–Crippen MR) is 80.3 cm³/mol. The lowest BCUT2D eigenvalue weighted by Crippen LogP contribution is -2.32. The highest BCUT2D eigenvalue weighted by Crippen LogP contribution is 2.22. The van der Waals surface area contributed by atoms with Crippen LogP contribution >= 0.6 is 11.8 Å². The van der Waals surface area contributed by atoms with E-state index in [1.807, 2.05) is 19.2 Å². The minimum atomic E-state index is -0.184. The zero-order chi connectivity index (χ0) is 14.3. The summed E-state index contributed by atoms with van der Waals surface area (Å²) in [6, 6.07) is 7.09. The van der Waals surface area contributed by atoms with Crippen LogP contribution in [0, 0.1) is 5.82 Å². The fourth-order valence-corrected chi connectivity index (χ4v) is 2.72. The van der Waals surface area contributed by atoms with Gasteiger partial charge in [-0.3, -0.25) is 0 Å². The van der Waals surface area contributed by atoms with Crippen molar-refractivity contribution in [2.24, 2.45) is 0 Å². The van der Waals surface area contributed by atoms with Gasteiger partial charge in [0.2, 0.25) is 0 Å². The number of benzene rings is 1. The smallest absolute Gasteiger partial charge is 0.123 e. The van der Waals surface area contributed by atoms with Crippen LogP contribution in [-0.4, -0.2) is 31.6 Å². The third-order valence-electron chi connectivity index (χ3n) is 3.32. The molecule has 19 heavy (non-hydrogen) atoms. The van der Waals surface area contributed by atoms with E-state index < -0.39 is 0 Å². The Labute approximate surface area is 120 Å². The Bertz CT molecular complexity index is 367. The molecule has 0 radical (unpaired) electrons. The number of nitrogens with one attached hydrogen (secondary N) is 1. The topological polar surface area (TPSA) is 21.3 Å². The second-order valence-electron chi connectivity index (χ2n) is 5.25. The molecule has 0 amide bonds. The fraction of sp³-hybridized carbons (Fsp3) is 0.600. The van der Waals surface area contributed by atoms with Gasteiger partial charge in [0.25, 0.3) is 0 Å². The van der Waals surface area contributed by atoms with Gasteiger partial charge in [-0.15, -0.1) is 11.8 Å². The van der Waals surface area contributed by atoms with Crippen molar-refractivity contribution < 1.29 is 9.13 Å². The van der Waals surface area contributed by atoms with E-state index in [2.05, 4.69) is 19.2 Å². The van der Waals surface area contributed by atoms with E-state index in [1.54, 1.807) is 18.9 Å². The van der Waals surface area contributed by atoms with Gasteiger partial charge in [0.05, 0.1) is 5.60 Å². The average molecular weight is 285 g/mol. The molecule has 0 aliphatic carbocycles. The van der Waals surface area contributed by atoms with E-state index in [0.717, 1.165) is 23.5 Å². The van der Waals surface area contributed by atoms with E-state index in [4.69, 9.17) is 4.74 Å². The number of hydrogen-bond donors (Lipinski definition) is 1. The second-order valence-corrected chi connectivity index (χ2v) is 6.35. The molecule has 1 unspecified atom stereocenters. The molecule has 0 fully saturated rings. The van der Waals surface area contributed by atoms with Crippen LogP contribution in [0.15, 0.2) is 29.2 Å². The van der Waals surface area contributed by atoms with Gasteiger partial charge in [-0.25, -0.2) is 4.39 Å². The summed E-state index contributed by atoms with van der Waals surface area (Å²) >= 11 is 1.75. The average Bonchev–Trinajstić information content (AvgIpc) is 2.41. The third-order valence-corrected chi connectivity index (χ3v) is 4.50. The Morgan fingerprint density at radius 1 is 1.32 bits per heavy atom. The summed E-state index contributed by atoms with van der Waals surface area (Å²) in [4.78, 5) is 1.10. The van der Waals surface area contributed by atoms with E-state index in [0.29, 0.717) is 6.04 Å². The van der Waals surface area contributed by atoms with Gasteiger partial charge in [-0.05, 0) is 58.0 Å². The largest absolute Gasteiger partial charge is 0.379 e. The molecule has 1 rings (SSSR count). The van der Waals surface area contributed by atoms with E-state index in [-0.39, 0.29) is 11.4 Å². The molecule has 1 N–H and O–H groups in total. The van der Waals surface area contributed by atoms with Gasteiger partial charge in [0.15, 0.2) is 0 Å². The second kappa shape index (κ2) is 7.88. The molecule has 0 aromatic heterocycles. The lowest BCUT2D eigenvalue weighted by molar-refractivity contribution is 0.0123. The summed E-state index contributed by atoms with van der Waals surface area (Å²) in [5.41, 5.74) is -0.0738. The Kier molecular flexibility index (Phi) is 6.83. The van der Waals surface area contributed by atoms with Crippen LogP contribution in [0.1, 0.15) is 26.7 Å². The van der Waals surface area contributed by atoms with Crippen molar-refractivity contribution in [1.29, 1.82) is 0 Å². The standard InChI is InChI=1S/C15H24FNOS/c1-15(2,18-4)10-9-13(17-3)11-19-14-7-5-12(16)6-8-14/h5-8,13,17H,9-11H2,1-4H3. The number of methoxy groups -OCH3 is 1. The molecule has 0 bridgehead atoms. The van der Waals surface area contributed by atoms with Crippen molar-refractivity contribution in [2.45, 2.75) is 43.2 Å². The molecule has 0 saturated carbocycles. The Hall–Kier alpha value is -0.580. The van der Waals surface area contributed by atoms with Crippen LogP contribution in [0.5, 0.6) is 0 Å². The van der Waals surface area contributed by atoms with Crippen molar-refractivity contribution >= 4 is 11.8 Å². The molecule has 108 valence electrons. The number of ether oxygens (including phenoxy) is 1. The summed E-state index contributed by atoms with van der Waals surface area (Å²) in [5.74, 6) is 0.790. The third kappa shape index (κ3) is 6.41. The Morgan fingerprint density at radius 2 is 1.95 bits per heavy atom. The molecular weight excluding hydrogens is 261 g/mol. The zero-order valence-electron chi connectivity index (χ0n) is 12.2. The maximum Gasteiger partial charge on any atom is 0.123 e. The van der Waals surface area contributed by atoms with Crippen molar-refractivity contribution in [2.75, 3.05) is 19.9 Å². The quantitative estimate of drug-likeness (QED) is 0.736. The highest BCUT2D eigenvalue weighted by molar-refractivity contribution is 7.99. The number of hydrogen-bond acceptors (Lipinski definition) is 3. The first-order chi connectivity index (χ1) is 8.96. The summed E-state index contributed by atoms with van der Waals surface area (Å²) < 4.78 is 18.2. The number of thioether (sulfide) groups is 1. The van der Waals surface area contributed by atoms with Crippen LogP contribution in [0.3, 0.4) is 0 Å². The van der Waals surface area contributed by atoms with Crippen LogP contribution in [-0.2, 0) is 4.74 Å². The van der Waals surface area contributed by atoms with E-state index >= 15 is 0 Å². The van der Waals surface area contributed by atoms with Crippen molar-refractivity contribution in [3.8, 4) is 0 Å². The fourth-order valence-electron chi connectivity index (χ4n) is 1.66. The highest BCUT2D eigenvalue weighted by Gasteiger charge is 2.18. The normalized spacial score (nSPS) is 13.5. The summed E-state index contributed by atoms with van der Waals surface area (Å²) in [7, 11) is 3.73. The van der Waals surface area contributed by atoms with Crippen LogP contribution in [0.25, 0.3) is 0 Å². The lowest BCUT2D eigenvalue weighted by Gasteiger charge is -2.25. The molecule has 2 nitrogen and oxygen atoms in total. The zero-order valence-corrected chi connectivity index (χ0v) is 13.0. The van der Waals surface area contributed by atoms with Gasteiger partial charge < -0.3 is 10.1 Å². The van der Waals surface area contributed by atoms with E-state index in [1.165, 1.54) is 12.1 Å². The van der Waals surface area contributed by atoms with E-state index in [9.17, 15) is 4.39 Å². The van der Waals surface area contributed by atoms with Crippen molar-refractivity contribution in [1.82, 2.24) is 5.32 Å². The molecule has 1 aromatic rings. The molecule has 0 aliphatic rings. The van der Waals surface area contributed by atoms with Gasteiger partial charge in [-0.1, -0.05) is 0 Å². The molecule has 0 aliphatic heterocycles. The first-order valence-corrected chi connectivity index (χ1v) is 7.56. The molecule has 4 heteroatoms. The molecular formula is C15H24FNOS. The summed E-state index contributed by atoms with van der Waals surface area (Å²) in [6.07, 6.45) is 2.07. The minimum Gasteiger partial charge on any atom is -0.379 e. The monoisotopic (exact) mass is 285 g/mol. The van der Waals surface area contributed by atoms with Gasteiger partial charge >= 0.3 is 0 Å². The Balaban J connectivity index is 2.38. The first-order valence-electron chi connectivity index (χ1n) is 6.57. The molecule has 0 saturated heterocycles.